The lowest BCUT2D eigenvalue weighted by Gasteiger charge is -2.22. The fourth-order valence-corrected chi connectivity index (χ4v) is 5.14. The van der Waals surface area contributed by atoms with E-state index < -0.39 is 11.5 Å². The molecule has 1 saturated carbocycles. The minimum Gasteiger partial charge on any atom is -0.349 e. The molecule has 0 radical (unpaired) electrons. The van der Waals surface area contributed by atoms with Crippen LogP contribution in [0.1, 0.15) is 61.4 Å². The summed E-state index contributed by atoms with van der Waals surface area (Å²) in [7, 11) is 0. The first-order chi connectivity index (χ1) is 17.4. The summed E-state index contributed by atoms with van der Waals surface area (Å²) in [6, 6.07) is 8.87. The SMILES string of the molecule is CCCn1c(=O)c2ccc(C(=O)NC3CCCCC3)cc2n2c(=O)n(Cc3ccc(F)cc3Cl)nc12. The van der Waals surface area contributed by atoms with E-state index >= 15 is 0 Å². The Morgan fingerprint density at radius 2 is 1.92 bits per heavy atom. The van der Waals surface area contributed by atoms with Crippen LogP contribution in [0.2, 0.25) is 5.02 Å². The molecule has 2 aromatic carbocycles. The van der Waals surface area contributed by atoms with Crippen LogP contribution < -0.4 is 16.6 Å². The second-order valence-electron chi connectivity index (χ2n) is 9.31. The molecule has 0 bridgehead atoms. The zero-order valence-electron chi connectivity index (χ0n) is 20.0. The molecular weight excluding hydrogens is 485 g/mol. The van der Waals surface area contributed by atoms with Crippen LogP contribution in [0.15, 0.2) is 46.0 Å². The average molecular weight is 512 g/mol. The third-order valence-corrected chi connectivity index (χ3v) is 7.11. The van der Waals surface area contributed by atoms with E-state index in [0.29, 0.717) is 35.0 Å². The quantitative estimate of drug-likeness (QED) is 0.421. The fourth-order valence-electron chi connectivity index (χ4n) is 4.91. The minimum absolute atomic E-state index is 0.00327. The second kappa shape index (κ2) is 9.89. The van der Waals surface area contributed by atoms with Crippen LogP contribution in [0.5, 0.6) is 0 Å². The Balaban J connectivity index is 1.64. The molecule has 10 heteroatoms. The van der Waals surface area contributed by atoms with Crippen LogP contribution in [-0.2, 0) is 13.1 Å². The van der Waals surface area contributed by atoms with Gasteiger partial charge in [0.2, 0.25) is 5.78 Å². The van der Waals surface area contributed by atoms with Gasteiger partial charge in [-0.15, -0.1) is 5.10 Å². The highest BCUT2D eigenvalue weighted by Gasteiger charge is 2.21. The summed E-state index contributed by atoms with van der Waals surface area (Å²) in [5, 5.41) is 8.03. The Hall–Kier alpha value is -3.46. The molecule has 1 N–H and O–H groups in total. The maximum Gasteiger partial charge on any atom is 0.352 e. The molecule has 2 heterocycles. The van der Waals surface area contributed by atoms with Crippen molar-refractivity contribution >= 4 is 34.2 Å². The highest BCUT2D eigenvalue weighted by molar-refractivity contribution is 6.31. The van der Waals surface area contributed by atoms with Crippen molar-refractivity contribution in [2.75, 3.05) is 0 Å². The van der Waals surface area contributed by atoms with E-state index in [9.17, 15) is 18.8 Å². The molecule has 4 aromatic rings. The number of benzene rings is 2. The smallest absolute Gasteiger partial charge is 0.349 e. The van der Waals surface area contributed by atoms with Crippen LogP contribution in [0.4, 0.5) is 4.39 Å². The Morgan fingerprint density at radius 3 is 2.64 bits per heavy atom. The number of aromatic nitrogens is 4. The van der Waals surface area contributed by atoms with Gasteiger partial charge in [0.1, 0.15) is 5.82 Å². The predicted molar refractivity (Wildman–Crippen MR) is 136 cm³/mol. The zero-order chi connectivity index (χ0) is 25.4. The molecule has 2 aromatic heterocycles. The molecule has 0 spiro atoms. The number of aryl methyl sites for hydroxylation is 1. The molecule has 0 saturated heterocycles. The van der Waals surface area contributed by atoms with Crippen molar-refractivity contribution < 1.29 is 9.18 Å². The van der Waals surface area contributed by atoms with Gasteiger partial charge >= 0.3 is 5.69 Å². The summed E-state index contributed by atoms with van der Waals surface area (Å²) in [5.74, 6) is -0.524. The summed E-state index contributed by atoms with van der Waals surface area (Å²) in [4.78, 5) is 39.9. The number of amides is 1. The number of fused-ring (bicyclic) bond motifs is 3. The topological polar surface area (TPSA) is 90.4 Å². The highest BCUT2D eigenvalue weighted by atomic mass is 35.5. The molecule has 0 atom stereocenters. The lowest BCUT2D eigenvalue weighted by Crippen LogP contribution is -2.36. The standard InChI is InChI=1S/C26H27ClFN5O3/c1-2-12-31-24(35)20-11-9-16(23(34)29-19-6-4-3-5-7-19)13-22(20)33-25(31)30-32(26(33)36)15-17-8-10-18(28)14-21(17)27/h8-11,13-14,19H,2-7,12,15H2,1H3,(H,29,34). The summed E-state index contributed by atoms with van der Waals surface area (Å²) in [5.41, 5.74) is 0.453. The molecule has 188 valence electrons. The number of carbonyl (C=O) groups is 1. The van der Waals surface area contributed by atoms with Gasteiger partial charge in [-0.25, -0.2) is 18.3 Å². The molecule has 36 heavy (non-hydrogen) atoms. The zero-order valence-corrected chi connectivity index (χ0v) is 20.7. The predicted octanol–water partition coefficient (Wildman–Crippen LogP) is 4.12. The van der Waals surface area contributed by atoms with Crippen LogP contribution in [0.25, 0.3) is 16.7 Å². The first-order valence-electron chi connectivity index (χ1n) is 12.3. The van der Waals surface area contributed by atoms with Gasteiger partial charge in [-0.3, -0.25) is 14.2 Å². The number of hydrogen-bond acceptors (Lipinski definition) is 4. The van der Waals surface area contributed by atoms with Gasteiger partial charge in [-0.2, -0.15) is 0 Å². The Labute approximate surface area is 211 Å². The molecule has 0 unspecified atom stereocenters. The van der Waals surface area contributed by atoms with Gasteiger partial charge in [0.25, 0.3) is 11.5 Å². The third-order valence-electron chi connectivity index (χ3n) is 6.76. The molecule has 0 aliphatic heterocycles. The van der Waals surface area contributed by atoms with Crippen LogP contribution in [0, 0.1) is 5.82 Å². The van der Waals surface area contributed by atoms with Gasteiger partial charge in [-0.1, -0.05) is 43.9 Å². The fraction of sp³-hybridized carbons (Fsp3) is 0.385. The maximum atomic E-state index is 13.5. The first-order valence-corrected chi connectivity index (χ1v) is 12.7. The average Bonchev–Trinajstić information content (AvgIpc) is 3.19. The van der Waals surface area contributed by atoms with E-state index in [1.165, 1.54) is 38.3 Å². The van der Waals surface area contributed by atoms with Crippen LogP contribution >= 0.6 is 11.6 Å². The molecule has 8 nitrogen and oxygen atoms in total. The Kier molecular flexibility index (Phi) is 6.66. The van der Waals surface area contributed by atoms with E-state index in [0.717, 1.165) is 25.7 Å². The molecular formula is C26H27ClFN5O3. The molecule has 1 aliphatic rings. The van der Waals surface area contributed by atoms with Gasteiger partial charge < -0.3 is 5.32 Å². The van der Waals surface area contributed by atoms with E-state index in [4.69, 9.17) is 11.6 Å². The molecule has 1 amide bonds. The second-order valence-corrected chi connectivity index (χ2v) is 9.72. The van der Waals surface area contributed by atoms with E-state index in [1.54, 1.807) is 18.2 Å². The van der Waals surface area contributed by atoms with Gasteiger partial charge in [0.05, 0.1) is 17.4 Å². The largest absolute Gasteiger partial charge is 0.352 e. The summed E-state index contributed by atoms with van der Waals surface area (Å²) in [6.07, 6.45) is 5.92. The number of hydrogen-bond donors (Lipinski definition) is 1. The Morgan fingerprint density at radius 1 is 1.14 bits per heavy atom. The number of halogens is 2. The van der Waals surface area contributed by atoms with Crippen molar-refractivity contribution in [1.29, 1.82) is 0 Å². The highest BCUT2D eigenvalue weighted by Crippen LogP contribution is 2.20. The van der Waals surface area contributed by atoms with Crippen LogP contribution in [0.3, 0.4) is 0 Å². The van der Waals surface area contributed by atoms with Crippen molar-refractivity contribution in [2.45, 2.75) is 64.6 Å². The summed E-state index contributed by atoms with van der Waals surface area (Å²) >= 11 is 6.18. The van der Waals surface area contributed by atoms with Crippen molar-refractivity contribution in [1.82, 2.24) is 24.1 Å². The van der Waals surface area contributed by atoms with Crippen molar-refractivity contribution in [2.24, 2.45) is 0 Å². The third kappa shape index (κ3) is 4.43. The minimum atomic E-state index is -0.481. The van der Waals surface area contributed by atoms with Gasteiger partial charge in [0, 0.05) is 23.2 Å². The number of nitrogens with zero attached hydrogens (tertiary/aromatic N) is 4. The molecule has 5 rings (SSSR count). The van der Waals surface area contributed by atoms with Gasteiger partial charge in [-0.05, 0) is 55.2 Å². The number of nitrogens with one attached hydrogen (secondary N) is 1. The first kappa shape index (κ1) is 24.2. The monoisotopic (exact) mass is 511 g/mol. The van der Waals surface area contributed by atoms with Gasteiger partial charge in [0.15, 0.2) is 0 Å². The molecule has 1 fully saturated rings. The lowest BCUT2D eigenvalue weighted by molar-refractivity contribution is 0.0928. The number of rotatable bonds is 6. The van der Waals surface area contributed by atoms with Crippen molar-refractivity contribution in [3.05, 3.63) is 79.2 Å². The maximum absolute atomic E-state index is 13.5. The summed E-state index contributed by atoms with van der Waals surface area (Å²) in [6.45, 7) is 2.30. The van der Waals surface area contributed by atoms with Crippen LogP contribution in [-0.4, -0.2) is 30.7 Å². The molecule has 1 aliphatic carbocycles. The number of carbonyl (C=O) groups excluding carboxylic acids is 1. The van der Waals surface area contributed by atoms with E-state index in [2.05, 4.69) is 10.4 Å². The normalized spacial score (nSPS) is 14.5. The Bertz CT molecular complexity index is 1580. The lowest BCUT2D eigenvalue weighted by atomic mass is 9.95. The van der Waals surface area contributed by atoms with E-state index in [-0.39, 0.29) is 34.9 Å². The summed E-state index contributed by atoms with van der Waals surface area (Å²) < 4.78 is 17.5. The van der Waals surface area contributed by atoms with Crippen molar-refractivity contribution in [3.8, 4) is 0 Å². The van der Waals surface area contributed by atoms with Crippen molar-refractivity contribution in [3.63, 3.8) is 0 Å². The van der Waals surface area contributed by atoms with E-state index in [1.807, 2.05) is 6.92 Å².